The third-order valence-electron chi connectivity index (χ3n) is 3.77. The van der Waals surface area contributed by atoms with Gasteiger partial charge in [-0.1, -0.05) is 29.8 Å². The first-order valence-electron chi connectivity index (χ1n) is 7.66. The number of ether oxygens (including phenoxy) is 1. The number of amidine groups is 1. The fourth-order valence-electron chi connectivity index (χ4n) is 2.33. The molecule has 3 rings (SSSR count). The Hall–Kier alpha value is -2.24. The van der Waals surface area contributed by atoms with E-state index in [9.17, 15) is 4.79 Å². The number of halogens is 1. The molecular weight excluding hydrogens is 356 g/mol. The molecule has 0 bridgehead atoms. The second-order valence-corrected chi connectivity index (χ2v) is 7.08. The van der Waals surface area contributed by atoms with Gasteiger partial charge < -0.3 is 10.1 Å². The van der Waals surface area contributed by atoms with E-state index in [4.69, 9.17) is 16.3 Å². The lowest BCUT2D eigenvalue weighted by molar-refractivity contribution is -0.115. The minimum absolute atomic E-state index is 0.165. The lowest BCUT2D eigenvalue weighted by atomic mass is 10.1. The summed E-state index contributed by atoms with van der Waals surface area (Å²) in [5.41, 5.74) is 3.64. The maximum atomic E-state index is 12.2. The molecule has 0 atom stereocenters. The molecule has 0 radical (unpaired) electrons. The van der Waals surface area contributed by atoms with E-state index >= 15 is 0 Å². The predicted molar refractivity (Wildman–Crippen MR) is 105 cm³/mol. The van der Waals surface area contributed by atoms with Crippen molar-refractivity contribution in [1.82, 2.24) is 5.32 Å². The SMILES string of the molecule is COc1cc(/C=C2/SC(=Nc3ccc(C)c(Cl)c3)NC2=O)ccc1C. The molecule has 0 spiro atoms. The molecule has 0 unspecified atom stereocenters. The van der Waals surface area contributed by atoms with E-state index in [1.54, 1.807) is 13.2 Å². The first-order chi connectivity index (χ1) is 12.0. The number of methoxy groups -OCH3 is 1. The Morgan fingerprint density at radius 2 is 1.92 bits per heavy atom. The van der Waals surface area contributed by atoms with E-state index in [2.05, 4.69) is 10.3 Å². The summed E-state index contributed by atoms with van der Waals surface area (Å²) in [6.45, 7) is 3.91. The summed E-state index contributed by atoms with van der Waals surface area (Å²) in [5.74, 6) is 0.627. The fourth-order valence-corrected chi connectivity index (χ4v) is 3.34. The Morgan fingerprint density at radius 3 is 2.64 bits per heavy atom. The van der Waals surface area contributed by atoms with Crippen LogP contribution in [0.15, 0.2) is 46.3 Å². The molecule has 1 N–H and O–H groups in total. The molecule has 4 nitrogen and oxygen atoms in total. The lowest BCUT2D eigenvalue weighted by Gasteiger charge is -2.05. The van der Waals surface area contributed by atoms with Crippen molar-refractivity contribution in [2.24, 2.45) is 4.99 Å². The minimum atomic E-state index is -0.165. The zero-order chi connectivity index (χ0) is 18.0. The van der Waals surface area contributed by atoms with Crippen LogP contribution in [0.25, 0.3) is 6.08 Å². The van der Waals surface area contributed by atoms with Gasteiger partial charge >= 0.3 is 0 Å². The number of carbonyl (C=O) groups excluding carboxylic acids is 1. The van der Waals surface area contributed by atoms with Gasteiger partial charge in [-0.15, -0.1) is 0 Å². The molecule has 1 heterocycles. The van der Waals surface area contributed by atoms with Gasteiger partial charge in [0.05, 0.1) is 17.7 Å². The number of aryl methyl sites for hydroxylation is 2. The van der Waals surface area contributed by atoms with Crippen LogP contribution in [0.3, 0.4) is 0 Å². The van der Waals surface area contributed by atoms with Crippen LogP contribution in [0.5, 0.6) is 5.75 Å². The largest absolute Gasteiger partial charge is 0.496 e. The molecule has 128 valence electrons. The van der Waals surface area contributed by atoms with Gasteiger partial charge in [-0.25, -0.2) is 4.99 Å². The Labute approximate surface area is 155 Å². The van der Waals surface area contributed by atoms with Gasteiger partial charge in [-0.3, -0.25) is 4.79 Å². The van der Waals surface area contributed by atoms with E-state index in [1.165, 1.54) is 11.8 Å². The fraction of sp³-hybridized carbons (Fsp3) is 0.158. The summed E-state index contributed by atoms with van der Waals surface area (Å²) in [6.07, 6.45) is 1.83. The topological polar surface area (TPSA) is 50.7 Å². The van der Waals surface area contributed by atoms with Crippen molar-refractivity contribution < 1.29 is 9.53 Å². The first kappa shape index (κ1) is 17.6. The number of nitrogens with one attached hydrogen (secondary N) is 1. The molecule has 2 aromatic rings. The second-order valence-electron chi connectivity index (χ2n) is 5.64. The number of hydrogen-bond acceptors (Lipinski definition) is 4. The molecule has 6 heteroatoms. The van der Waals surface area contributed by atoms with E-state index in [-0.39, 0.29) is 5.91 Å². The van der Waals surface area contributed by atoms with Gasteiger partial charge in [0.1, 0.15) is 5.75 Å². The first-order valence-corrected chi connectivity index (χ1v) is 8.86. The summed E-state index contributed by atoms with van der Waals surface area (Å²) in [6, 6.07) is 11.4. The molecule has 2 aromatic carbocycles. The molecular formula is C19H17ClN2O2S. The molecule has 1 aliphatic rings. The molecule has 0 aromatic heterocycles. The summed E-state index contributed by atoms with van der Waals surface area (Å²) >= 11 is 7.42. The zero-order valence-electron chi connectivity index (χ0n) is 14.1. The highest BCUT2D eigenvalue weighted by Crippen LogP contribution is 2.30. The Morgan fingerprint density at radius 1 is 1.16 bits per heavy atom. The molecule has 1 amide bonds. The lowest BCUT2D eigenvalue weighted by Crippen LogP contribution is -2.19. The highest BCUT2D eigenvalue weighted by atomic mass is 35.5. The van der Waals surface area contributed by atoms with Gasteiger partial charge in [0.25, 0.3) is 5.91 Å². The van der Waals surface area contributed by atoms with Crippen molar-refractivity contribution in [2.75, 3.05) is 7.11 Å². The molecule has 1 fully saturated rings. The maximum Gasteiger partial charge on any atom is 0.264 e. The normalized spacial score (nSPS) is 17.2. The van der Waals surface area contributed by atoms with Crippen molar-refractivity contribution in [3.63, 3.8) is 0 Å². The number of benzene rings is 2. The zero-order valence-corrected chi connectivity index (χ0v) is 15.7. The van der Waals surface area contributed by atoms with Crippen LogP contribution in [0.2, 0.25) is 5.02 Å². The van der Waals surface area contributed by atoms with Crippen LogP contribution in [0.1, 0.15) is 16.7 Å². The monoisotopic (exact) mass is 372 g/mol. The standard InChI is InChI=1S/C19H17ClN2O2S/c1-11-5-7-14(10-15(11)20)21-19-22-18(23)17(25-19)9-13-6-4-12(2)16(8-13)24-3/h4-10H,1-3H3,(H,21,22,23)/b17-9+. The summed E-state index contributed by atoms with van der Waals surface area (Å²) in [7, 11) is 1.63. The number of aliphatic imine (C=N–C) groups is 1. The van der Waals surface area contributed by atoms with Gasteiger partial charge in [0, 0.05) is 5.02 Å². The predicted octanol–water partition coefficient (Wildman–Crippen LogP) is 4.86. The van der Waals surface area contributed by atoms with Crippen molar-refractivity contribution >= 4 is 46.2 Å². The van der Waals surface area contributed by atoms with Crippen LogP contribution in [-0.4, -0.2) is 18.2 Å². The second kappa shape index (κ2) is 7.33. The third-order valence-corrected chi connectivity index (χ3v) is 5.08. The molecule has 0 aliphatic carbocycles. The number of hydrogen-bond donors (Lipinski definition) is 1. The van der Waals surface area contributed by atoms with Crippen LogP contribution in [0.4, 0.5) is 5.69 Å². The quantitative estimate of drug-likeness (QED) is 0.783. The Kier molecular flexibility index (Phi) is 5.16. The van der Waals surface area contributed by atoms with Gasteiger partial charge in [-0.2, -0.15) is 0 Å². The van der Waals surface area contributed by atoms with E-state index in [0.717, 1.165) is 22.4 Å². The van der Waals surface area contributed by atoms with Crippen molar-refractivity contribution in [3.05, 3.63) is 63.0 Å². The third kappa shape index (κ3) is 4.06. The number of carbonyl (C=O) groups is 1. The average Bonchev–Trinajstić information content (AvgIpc) is 2.92. The average molecular weight is 373 g/mol. The maximum absolute atomic E-state index is 12.2. The number of thioether (sulfide) groups is 1. The van der Waals surface area contributed by atoms with E-state index < -0.39 is 0 Å². The molecule has 1 aliphatic heterocycles. The Balaban J connectivity index is 1.84. The van der Waals surface area contributed by atoms with Crippen LogP contribution >= 0.6 is 23.4 Å². The van der Waals surface area contributed by atoms with E-state index in [0.29, 0.717) is 20.8 Å². The molecule has 1 saturated heterocycles. The van der Waals surface area contributed by atoms with Crippen molar-refractivity contribution in [2.45, 2.75) is 13.8 Å². The minimum Gasteiger partial charge on any atom is -0.496 e. The van der Waals surface area contributed by atoms with E-state index in [1.807, 2.05) is 50.3 Å². The summed E-state index contributed by atoms with van der Waals surface area (Å²) < 4.78 is 5.33. The highest BCUT2D eigenvalue weighted by molar-refractivity contribution is 8.18. The number of rotatable bonds is 3. The van der Waals surface area contributed by atoms with Crippen molar-refractivity contribution in [1.29, 1.82) is 0 Å². The molecule has 25 heavy (non-hydrogen) atoms. The van der Waals surface area contributed by atoms with Crippen LogP contribution in [-0.2, 0) is 4.79 Å². The number of amides is 1. The highest BCUT2D eigenvalue weighted by Gasteiger charge is 2.23. The smallest absolute Gasteiger partial charge is 0.264 e. The van der Waals surface area contributed by atoms with Gasteiger partial charge in [0.2, 0.25) is 0 Å². The van der Waals surface area contributed by atoms with Gasteiger partial charge in [-0.05, 0) is 66.6 Å². The van der Waals surface area contributed by atoms with Crippen molar-refractivity contribution in [3.8, 4) is 5.75 Å². The summed E-state index contributed by atoms with van der Waals surface area (Å²) in [4.78, 5) is 17.2. The van der Waals surface area contributed by atoms with Gasteiger partial charge in [0.15, 0.2) is 5.17 Å². The summed E-state index contributed by atoms with van der Waals surface area (Å²) in [5, 5.41) is 3.97. The Bertz CT molecular complexity index is 906. The van der Waals surface area contributed by atoms with Crippen LogP contribution < -0.4 is 10.1 Å². The molecule has 0 saturated carbocycles. The van der Waals surface area contributed by atoms with Crippen LogP contribution in [0, 0.1) is 13.8 Å². The number of nitrogens with zero attached hydrogens (tertiary/aromatic N) is 1.